The van der Waals surface area contributed by atoms with Crippen molar-refractivity contribution in [2.24, 2.45) is 5.73 Å². The smallest absolute Gasteiger partial charge is 0.408 e. The van der Waals surface area contributed by atoms with Crippen LogP contribution in [0.5, 0.6) is 0 Å². The molecule has 1 aliphatic rings. The third kappa shape index (κ3) is 2.71. The number of nitrogens with two attached hydrogens (primary N) is 1. The van der Waals surface area contributed by atoms with Gasteiger partial charge in [0, 0.05) is 0 Å². The molecule has 1 rings (SSSR count). The molecule has 1 aliphatic carbocycles. The van der Waals surface area contributed by atoms with Crippen molar-refractivity contribution in [3.63, 3.8) is 0 Å². The molecule has 0 aromatic heterocycles. The average Bonchev–Trinajstić information content (AvgIpc) is 2.64. The van der Waals surface area contributed by atoms with Gasteiger partial charge in [-0.1, -0.05) is 25.5 Å². The minimum atomic E-state index is -0.682. The summed E-state index contributed by atoms with van der Waals surface area (Å²) in [6, 6.07) is 0. The van der Waals surface area contributed by atoms with Crippen molar-refractivity contribution in [1.82, 2.24) is 5.32 Å². The summed E-state index contributed by atoms with van der Waals surface area (Å²) >= 11 is 0. The Morgan fingerprint density at radius 3 is 2.67 bits per heavy atom. The van der Waals surface area contributed by atoms with Gasteiger partial charge in [-0.25, -0.2) is 4.79 Å². The molecule has 1 saturated carbocycles. The highest BCUT2D eigenvalue weighted by Crippen LogP contribution is 2.29. The summed E-state index contributed by atoms with van der Waals surface area (Å²) in [5.74, 6) is 0.00977. The molecule has 4 N–H and O–H groups in total. The van der Waals surface area contributed by atoms with Gasteiger partial charge in [-0.2, -0.15) is 0 Å². The molecular weight excluding hydrogens is 194 g/mol. The van der Waals surface area contributed by atoms with Crippen LogP contribution in [0.4, 0.5) is 4.79 Å². The van der Waals surface area contributed by atoms with Gasteiger partial charge in [-0.05, 0) is 12.8 Å². The van der Waals surface area contributed by atoms with Crippen molar-refractivity contribution in [2.45, 2.75) is 31.2 Å². The first-order valence-corrected chi connectivity index (χ1v) is 5.01. The maximum absolute atomic E-state index is 11.3. The number of amidine groups is 1. The van der Waals surface area contributed by atoms with E-state index in [1.165, 1.54) is 6.08 Å². The van der Waals surface area contributed by atoms with Gasteiger partial charge in [-0.3, -0.25) is 5.41 Å². The largest absolute Gasteiger partial charge is 0.445 e. The van der Waals surface area contributed by atoms with E-state index >= 15 is 0 Å². The zero-order chi connectivity index (χ0) is 11.3. The maximum atomic E-state index is 11.3. The molecule has 0 atom stereocenters. The van der Waals surface area contributed by atoms with E-state index in [1.54, 1.807) is 0 Å². The van der Waals surface area contributed by atoms with Crippen LogP contribution >= 0.6 is 0 Å². The number of carbonyl (C=O) groups is 1. The lowest BCUT2D eigenvalue weighted by Gasteiger charge is -2.28. The van der Waals surface area contributed by atoms with Crippen molar-refractivity contribution in [3.8, 4) is 0 Å². The van der Waals surface area contributed by atoms with Gasteiger partial charge >= 0.3 is 6.09 Å². The molecule has 0 bridgehead atoms. The van der Waals surface area contributed by atoms with Gasteiger partial charge < -0.3 is 15.8 Å². The van der Waals surface area contributed by atoms with E-state index < -0.39 is 11.6 Å². The van der Waals surface area contributed by atoms with Crippen molar-refractivity contribution >= 4 is 11.9 Å². The third-order valence-corrected chi connectivity index (χ3v) is 2.65. The fourth-order valence-corrected chi connectivity index (χ4v) is 1.81. The van der Waals surface area contributed by atoms with E-state index in [0.29, 0.717) is 12.8 Å². The Hall–Kier alpha value is -1.52. The zero-order valence-electron chi connectivity index (χ0n) is 8.71. The molecule has 0 aliphatic heterocycles. The standard InChI is InChI=1S/C10H17N3O2/c1-2-7-15-9(14)13-10(8(11)12)5-3-4-6-10/h2H,1,3-7H2,(H3,11,12)(H,13,14). The molecule has 84 valence electrons. The van der Waals surface area contributed by atoms with Crippen LogP contribution in [0.1, 0.15) is 25.7 Å². The molecule has 5 nitrogen and oxygen atoms in total. The minimum absolute atomic E-state index is 0.00977. The Kier molecular flexibility index (Phi) is 3.71. The Morgan fingerprint density at radius 1 is 1.60 bits per heavy atom. The minimum Gasteiger partial charge on any atom is -0.445 e. The van der Waals surface area contributed by atoms with E-state index in [-0.39, 0.29) is 12.4 Å². The van der Waals surface area contributed by atoms with Crippen LogP contribution in [0.15, 0.2) is 12.7 Å². The van der Waals surface area contributed by atoms with Crippen LogP contribution in [-0.2, 0) is 4.74 Å². The molecule has 0 unspecified atom stereocenters. The summed E-state index contributed by atoms with van der Waals surface area (Å²) in [5.41, 5.74) is 4.82. The Bertz CT molecular complexity index is 270. The monoisotopic (exact) mass is 211 g/mol. The SMILES string of the molecule is C=CCOC(=O)NC1(C(=N)N)CCCC1. The quantitative estimate of drug-likeness (QED) is 0.370. The molecular formula is C10H17N3O2. The van der Waals surface area contributed by atoms with Crippen LogP contribution in [0.25, 0.3) is 0 Å². The van der Waals surface area contributed by atoms with Crippen molar-refractivity contribution in [3.05, 3.63) is 12.7 Å². The van der Waals surface area contributed by atoms with Gasteiger partial charge in [0.05, 0.1) is 5.54 Å². The molecule has 0 spiro atoms. The summed E-state index contributed by atoms with van der Waals surface area (Å²) in [6.45, 7) is 3.61. The molecule has 1 fully saturated rings. The van der Waals surface area contributed by atoms with Crippen molar-refractivity contribution in [2.75, 3.05) is 6.61 Å². The van der Waals surface area contributed by atoms with Crippen LogP contribution < -0.4 is 11.1 Å². The summed E-state index contributed by atoms with van der Waals surface area (Å²) in [4.78, 5) is 11.3. The van der Waals surface area contributed by atoms with Crippen molar-refractivity contribution < 1.29 is 9.53 Å². The molecule has 1 amide bonds. The van der Waals surface area contributed by atoms with E-state index in [1.807, 2.05) is 0 Å². The predicted octanol–water partition coefficient (Wildman–Crippen LogP) is 1.15. The summed E-state index contributed by atoms with van der Waals surface area (Å²) in [7, 11) is 0. The van der Waals surface area contributed by atoms with Crippen LogP contribution in [0, 0.1) is 5.41 Å². The number of rotatable bonds is 4. The van der Waals surface area contributed by atoms with Gasteiger partial charge in [0.2, 0.25) is 0 Å². The zero-order valence-corrected chi connectivity index (χ0v) is 8.71. The van der Waals surface area contributed by atoms with E-state index in [4.69, 9.17) is 15.9 Å². The summed E-state index contributed by atoms with van der Waals surface area (Å²) < 4.78 is 4.81. The lowest BCUT2D eigenvalue weighted by Crippen LogP contribution is -2.55. The highest BCUT2D eigenvalue weighted by Gasteiger charge is 2.38. The third-order valence-electron chi connectivity index (χ3n) is 2.65. The van der Waals surface area contributed by atoms with Crippen LogP contribution in [0.3, 0.4) is 0 Å². The van der Waals surface area contributed by atoms with Crippen LogP contribution in [-0.4, -0.2) is 24.1 Å². The average molecular weight is 211 g/mol. The number of carbonyl (C=O) groups excluding carboxylic acids is 1. The van der Waals surface area contributed by atoms with Gasteiger partial charge in [0.25, 0.3) is 0 Å². The first-order chi connectivity index (χ1) is 7.10. The van der Waals surface area contributed by atoms with E-state index in [9.17, 15) is 4.79 Å². The second-order valence-electron chi connectivity index (χ2n) is 3.72. The number of hydrogen-bond donors (Lipinski definition) is 3. The second-order valence-corrected chi connectivity index (χ2v) is 3.72. The second kappa shape index (κ2) is 4.82. The molecule has 0 aromatic rings. The number of amides is 1. The predicted molar refractivity (Wildman–Crippen MR) is 57.8 cm³/mol. The lowest BCUT2D eigenvalue weighted by molar-refractivity contribution is 0.150. The molecule has 0 saturated heterocycles. The number of nitrogens with one attached hydrogen (secondary N) is 2. The van der Waals surface area contributed by atoms with Crippen LogP contribution in [0.2, 0.25) is 0 Å². The van der Waals surface area contributed by atoms with E-state index in [2.05, 4.69) is 11.9 Å². The Labute approximate surface area is 89.2 Å². The Morgan fingerprint density at radius 2 is 2.20 bits per heavy atom. The summed E-state index contributed by atoms with van der Waals surface area (Å²) in [5, 5.41) is 10.2. The Balaban J connectivity index is 2.55. The molecule has 0 radical (unpaired) electrons. The molecule has 0 heterocycles. The highest BCUT2D eigenvalue weighted by molar-refractivity contribution is 5.91. The molecule has 0 aromatic carbocycles. The highest BCUT2D eigenvalue weighted by atomic mass is 16.5. The van der Waals surface area contributed by atoms with E-state index in [0.717, 1.165) is 12.8 Å². The number of ether oxygens (including phenoxy) is 1. The first-order valence-electron chi connectivity index (χ1n) is 5.01. The van der Waals surface area contributed by atoms with Gasteiger partial charge in [-0.15, -0.1) is 0 Å². The van der Waals surface area contributed by atoms with Gasteiger partial charge in [0.15, 0.2) is 0 Å². The number of hydrogen-bond acceptors (Lipinski definition) is 3. The fourth-order valence-electron chi connectivity index (χ4n) is 1.81. The lowest BCUT2D eigenvalue weighted by atomic mass is 9.96. The molecule has 5 heteroatoms. The molecule has 15 heavy (non-hydrogen) atoms. The van der Waals surface area contributed by atoms with Gasteiger partial charge in [0.1, 0.15) is 12.4 Å². The first kappa shape index (κ1) is 11.6. The van der Waals surface area contributed by atoms with Crippen molar-refractivity contribution in [1.29, 1.82) is 5.41 Å². The maximum Gasteiger partial charge on any atom is 0.408 e. The topological polar surface area (TPSA) is 88.2 Å². The summed E-state index contributed by atoms with van der Waals surface area (Å²) in [6.07, 6.45) is 4.33. The fraction of sp³-hybridized carbons (Fsp3) is 0.600. The number of alkyl carbamates (subject to hydrolysis) is 1. The normalized spacial score (nSPS) is 18.1.